The molecule has 1 atom stereocenters. The van der Waals surface area contributed by atoms with Crippen LogP contribution in [0, 0.1) is 5.41 Å². The van der Waals surface area contributed by atoms with Crippen molar-refractivity contribution in [3.8, 4) is 0 Å². The Morgan fingerprint density at radius 1 is 1.33 bits per heavy atom. The molecular weight excluding hydrogens is 188 g/mol. The van der Waals surface area contributed by atoms with Gasteiger partial charge in [0.2, 0.25) is 5.91 Å². The van der Waals surface area contributed by atoms with Gasteiger partial charge in [-0.25, -0.2) is 0 Å². The van der Waals surface area contributed by atoms with Crippen LogP contribution in [0.4, 0.5) is 0 Å². The molecule has 0 aromatic heterocycles. The summed E-state index contributed by atoms with van der Waals surface area (Å²) in [4.78, 5) is 11.1. The first-order valence-corrected chi connectivity index (χ1v) is 5.79. The second-order valence-electron chi connectivity index (χ2n) is 5.40. The van der Waals surface area contributed by atoms with Gasteiger partial charge in [-0.05, 0) is 31.7 Å². The highest BCUT2D eigenvalue weighted by Gasteiger charge is 2.10. The Bertz CT molecular complexity index is 185. The quantitative estimate of drug-likeness (QED) is 0.663. The van der Waals surface area contributed by atoms with Crippen molar-refractivity contribution in [3.05, 3.63) is 0 Å². The molecule has 0 aliphatic heterocycles. The smallest absolute Gasteiger partial charge is 0.221 e. The van der Waals surface area contributed by atoms with Crippen LogP contribution in [-0.2, 0) is 4.79 Å². The second kappa shape index (κ2) is 6.83. The molecule has 2 N–H and O–H groups in total. The van der Waals surface area contributed by atoms with Gasteiger partial charge in [0, 0.05) is 19.5 Å². The van der Waals surface area contributed by atoms with Gasteiger partial charge in [-0.2, -0.15) is 0 Å². The van der Waals surface area contributed by atoms with Crippen LogP contribution in [0.2, 0.25) is 0 Å². The van der Waals surface area contributed by atoms with E-state index >= 15 is 0 Å². The lowest BCUT2D eigenvalue weighted by Crippen LogP contribution is -2.33. The maximum absolute atomic E-state index is 11.1. The van der Waals surface area contributed by atoms with E-state index in [1.165, 1.54) is 12.8 Å². The minimum Gasteiger partial charge on any atom is -0.359 e. The van der Waals surface area contributed by atoms with Crippen LogP contribution in [0.3, 0.4) is 0 Å². The Balaban J connectivity index is 3.47. The summed E-state index contributed by atoms with van der Waals surface area (Å²) in [6.07, 6.45) is 2.94. The maximum atomic E-state index is 11.1. The summed E-state index contributed by atoms with van der Waals surface area (Å²) in [5, 5.41) is 5.99. The number of hydrogen-bond donors (Lipinski definition) is 2. The normalized spacial score (nSPS) is 13.7. The Morgan fingerprint density at radius 3 is 2.40 bits per heavy atom. The first kappa shape index (κ1) is 14.4. The van der Waals surface area contributed by atoms with Gasteiger partial charge in [0.05, 0.1) is 0 Å². The summed E-state index contributed by atoms with van der Waals surface area (Å²) >= 11 is 0. The van der Waals surface area contributed by atoms with E-state index < -0.39 is 0 Å². The molecule has 90 valence electrons. The summed E-state index contributed by atoms with van der Waals surface area (Å²) in [5.74, 6) is 0.103. The van der Waals surface area contributed by atoms with Crippen LogP contribution >= 0.6 is 0 Å². The molecule has 0 radical (unpaired) electrons. The number of amides is 1. The summed E-state index contributed by atoms with van der Waals surface area (Å²) in [5.41, 5.74) is 0.408. The molecule has 1 amide bonds. The standard InChI is InChI=1S/C12H26N2O/c1-10(9-11(15)13-5)14-8-6-7-12(2,3)4/h10,14H,6-9H2,1-5H3,(H,13,15). The molecule has 0 heterocycles. The van der Waals surface area contributed by atoms with Gasteiger partial charge in [0.15, 0.2) is 0 Å². The third-order valence-electron chi connectivity index (χ3n) is 2.37. The third-order valence-corrected chi connectivity index (χ3v) is 2.37. The highest BCUT2D eigenvalue weighted by molar-refractivity contribution is 5.76. The van der Waals surface area contributed by atoms with Crippen LogP contribution in [0.15, 0.2) is 0 Å². The molecule has 15 heavy (non-hydrogen) atoms. The molecule has 0 aromatic carbocycles. The average molecular weight is 214 g/mol. The lowest BCUT2D eigenvalue weighted by Gasteiger charge is -2.19. The molecule has 0 saturated carbocycles. The lowest BCUT2D eigenvalue weighted by molar-refractivity contribution is -0.121. The summed E-state index contributed by atoms with van der Waals surface area (Å²) < 4.78 is 0. The van der Waals surface area contributed by atoms with E-state index in [1.54, 1.807) is 7.05 Å². The minimum absolute atomic E-state index is 0.103. The van der Waals surface area contributed by atoms with E-state index in [-0.39, 0.29) is 11.9 Å². The van der Waals surface area contributed by atoms with Crippen LogP contribution in [0.5, 0.6) is 0 Å². The van der Waals surface area contributed by atoms with Crippen molar-refractivity contribution in [1.82, 2.24) is 10.6 Å². The van der Waals surface area contributed by atoms with Gasteiger partial charge in [-0.15, -0.1) is 0 Å². The van der Waals surface area contributed by atoms with Crippen molar-refractivity contribution in [3.63, 3.8) is 0 Å². The fourth-order valence-electron chi connectivity index (χ4n) is 1.42. The predicted molar refractivity (Wildman–Crippen MR) is 64.8 cm³/mol. The zero-order valence-electron chi connectivity index (χ0n) is 10.8. The molecule has 0 spiro atoms. The van der Waals surface area contributed by atoms with E-state index in [2.05, 4.69) is 31.4 Å². The second-order valence-corrected chi connectivity index (χ2v) is 5.40. The van der Waals surface area contributed by atoms with E-state index in [1.807, 2.05) is 6.92 Å². The molecule has 3 nitrogen and oxygen atoms in total. The van der Waals surface area contributed by atoms with E-state index in [0.29, 0.717) is 11.8 Å². The molecule has 0 fully saturated rings. The number of nitrogens with one attached hydrogen (secondary N) is 2. The molecule has 0 rings (SSSR count). The number of carbonyl (C=O) groups excluding carboxylic acids is 1. The summed E-state index contributed by atoms with van der Waals surface area (Å²) in [6, 6.07) is 0.268. The fourth-order valence-corrected chi connectivity index (χ4v) is 1.42. The zero-order valence-corrected chi connectivity index (χ0v) is 10.8. The summed E-state index contributed by atoms with van der Waals surface area (Å²) in [7, 11) is 1.68. The fraction of sp³-hybridized carbons (Fsp3) is 0.917. The van der Waals surface area contributed by atoms with Gasteiger partial charge in [0.1, 0.15) is 0 Å². The van der Waals surface area contributed by atoms with Crippen molar-refractivity contribution >= 4 is 5.91 Å². The first-order chi connectivity index (χ1) is 6.85. The monoisotopic (exact) mass is 214 g/mol. The molecule has 0 saturated heterocycles. The van der Waals surface area contributed by atoms with Gasteiger partial charge in [-0.3, -0.25) is 4.79 Å². The molecular formula is C12H26N2O. The van der Waals surface area contributed by atoms with Crippen molar-refractivity contribution < 1.29 is 4.79 Å². The number of rotatable bonds is 6. The first-order valence-electron chi connectivity index (χ1n) is 5.79. The van der Waals surface area contributed by atoms with Crippen LogP contribution in [0.25, 0.3) is 0 Å². The highest BCUT2D eigenvalue weighted by Crippen LogP contribution is 2.19. The summed E-state index contributed by atoms with van der Waals surface area (Å²) in [6.45, 7) is 9.80. The molecule has 3 heteroatoms. The topological polar surface area (TPSA) is 41.1 Å². The number of carbonyl (C=O) groups is 1. The van der Waals surface area contributed by atoms with Gasteiger partial charge < -0.3 is 10.6 Å². The van der Waals surface area contributed by atoms with Crippen molar-refractivity contribution in [2.24, 2.45) is 5.41 Å². The molecule has 0 aromatic rings. The SMILES string of the molecule is CNC(=O)CC(C)NCCCC(C)(C)C. The van der Waals surface area contributed by atoms with E-state index in [4.69, 9.17) is 0 Å². The molecule has 1 unspecified atom stereocenters. The minimum atomic E-state index is 0.103. The van der Waals surface area contributed by atoms with Gasteiger partial charge >= 0.3 is 0 Å². The Morgan fingerprint density at radius 2 is 1.93 bits per heavy atom. The Kier molecular flexibility index (Phi) is 6.57. The predicted octanol–water partition coefficient (Wildman–Crippen LogP) is 1.93. The van der Waals surface area contributed by atoms with Crippen molar-refractivity contribution in [2.45, 2.75) is 53.0 Å². The largest absolute Gasteiger partial charge is 0.359 e. The van der Waals surface area contributed by atoms with Crippen LogP contribution in [0.1, 0.15) is 47.0 Å². The molecule has 0 bridgehead atoms. The van der Waals surface area contributed by atoms with Crippen molar-refractivity contribution in [1.29, 1.82) is 0 Å². The zero-order chi connectivity index (χ0) is 11.9. The van der Waals surface area contributed by atoms with Crippen LogP contribution < -0.4 is 10.6 Å². The van der Waals surface area contributed by atoms with Crippen LogP contribution in [-0.4, -0.2) is 25.5 Å². The Labute approximate surface area is 94.0 Å². The average Bonchev–Trinajstić information content (AvgIpc) is 2.11. The Hall–Kier alpha value is -0.570. The van der Waals surface area contributed by atoms with E-state index in [9.17, 15) is 4.79 Å². The number of hydrogen-bond acceptors (Lipinski definition) is 2. The highest BCUT2D eigenvalue weighted by atomic mass is 16.1. The lowest BCUT2D eigenvalue weighted by atomic mass is 9.90. The molecule has 0 aliphatic carbocycles. The molecule has 0 aliphatic rings. The van der Waals surface area contributed by atoms with Gasteiger partial charge in [0.25, 0.3) is 0 Å². The van der Waals surface area contributed by atoms with Crippen molar-refractivity contribution in [2.75, 3.05) is 13.6 Å². The third kappa shape index (κ3) is 9.73. The maximum Gasteiger partial charge on any atom is 0.221 e. The van der Waals surface area contributed by atoms with E-state index in [0.717, 1.165) is 6.54 Å². The van der Waals surface area contributed by atoms with Gasteiger partial charge in [-0.1, -0.05) is 20.8 Å².